The molecule has 0 aliphatic carbocycles. The first-order valence-electron chi connectivity index (χ1n) is 10.6. The van der Waals surface area contributed by atoms with E-state index in [-0.39, 0.29) is 11.5 Å². The van der Waals surface area contributed by atoms with E-state index in [1.54, 1.807) is 29.6 Å². The van der Waals surface area contributed by atoms with E-state index in [1.807, 2.05) is 65.2 Å². The molecule has 5 aromatic rings. The SMILES string of the molecule is O=C(O)c1c(-c2ccc(Cl)cc2)csc1NC(=O)c1cc2ccccc2n1Cc1ccccc1. The van der Waals surface area contributed by atoms with Crippen molar-refractivity contribution in [1.82, 2.24) is 4.57 Å². The van der Waals surface area contributed by atoms with Gasteiger partial charge in [-0.25, -0.2) is 4.79 Å². The number of thiophene rings is 1. The minimum atomic E-state index is -1.11. The Morgan fingerprint density at radius 2 is 1.65 bits per heavy atom. The number of nitrogens with one attached hydrogen (secondary N) is 1. The molecule has 1 amide bonds. The highest BCUT2D eigenvalue weighted by Gasteiger charge is 2.23. The maximum atomic E-state index is 13.4. The Hall–Kier alpha value is -3.87. The van der Waals surface area contributed by atoms with Crippen LogP contribution < -0.4 is 5.32 Å². The molecule has 3 aromatic carbocycles. The second kappa shape index (κ2) is 9.17. The number of amides is 1. The van der Waals surface area contributed by atoms with Gasteiger partial charge in [0.2, 0.25) is 0 Å². The molecular formula is C27H19ClN2O3S. The molecule has 2 aromatic heterocycles. The molecule has 0 fully saturated rings. The van der Waals surface area contributed by atoms with Crippen LogP contribution in [-0.2, 0) is 6.54 Å². The molecule has 5 nitrogen and oxygen atoms in total. The third kappa shape index (κ3) is 4.21. The minimum absolute atomic E-state index is 0.0615. The molecule has 34 heavy (non-hydrogen) atoms. The van der Waals surface area contributed by atoms with E-state index in [2.05, 4.69) is 5.32 Å². The molecule has 0 saturated heterocycles. The lowest BCUT2D eigenvalue weighted by atomic mass is 10.0. The van der Waals surface area contributed by atoms with Crippen molar-refractivity contribution < 1.29 is 14.7 Å². The number of carbonyl (C=O) groups excluding carboxylic acids is 1. The van der Waals surface area contributed by atoms with Crippen molar-refractivity contribution in [2.24, 2.45) is 0 Å². The highest BCUT2D eigenvalue weighted by atomic mass is 35.5. The van der Waals surface area contributed by atoms with Crippen LogP contribution in [0.1, 0.15) is 26.4 Å². The molecular weight excluding hydrogens is 468 g/mol. The number of aromatic carboxylic acids is 1. The first-order valence-corrected chi connectivity index (χ1v) is 11.8. The normalized spacial score (nSPS) is 11.0. The summed E-state index contributed by atoms with van der Waals surface area (Å²) in [5.41, 5.74) is 3.77. The zero-order valence-electron chi connectivity index (χ0n) is 17.9. The Balaban J connectivity index is 1.53. The minimum Gasteiger partial charge on any atom is -0.478 e. The molecule has 0 saturated carbocycles. The average Bonchev–Trinajstić information content (AvgIpc) is 3.42. The molecule has 5 rings (SSSR count). The van der Waals surface area contributed by atoms with Crippen molar-refractivity contribution in [3.05, 3.63) is 112 Å². The van der Waals surface area contributed by atoms with E-state index in [1.165, 1.54) is 11.3 Å². The van der Waals surface area contributed by atoms with E-state index in [0.717, 1.165) is 22.0 Å². The highest BCUT2D eigenvalue weighted by Crippen LogP contribution is 2.36. The zero-order chi connectivity index (χ0) is 23.7. The van der Waals surface area contributed by atoms with Crippen LogP contribution in [0.5, 0.6) is 0 Å². The van der Waals surface area contributed by atoms with E-state index < -0.39 is 5.97 Å². The van der Waals surface area contributed by atoms with Gasteiger partial charge < -0.3 is 15.0 Å². The van der Waals surface area contributed by atoms with Crippen LogP contribution in [-0.4, -0.2) is 21.6 Å². The number of halogens is 1. The number of rotatable bonds is 6. The Bertz CT molecular complexity index is 1500. The number of carboxylic acids is 1. The molecule has 2 N–H and O–H groups in total. The summed E-state index contributed by atoms with van der Waals surface area (Å²) in [4.78, 5) is 25.6. The van der Waals surface area contributed by atoms with Crippen molar-refractivity contribution in [3.63, 3.8) is 0 Å². The predicted molar refractivity (Wildman–Crippen MR) is 137 cm³/mol. The number of aromatic nitrogens is 1. The second-order valence-electron chi connectivity index (χ2n) is 7.78. The van der Waals surface area contributed by atoms with Gasteiger partial charge in [-0.1, -0.05) is 72.3 Å². The number of fused-ring (bicyclic) bond motifs is 1. The Morgan fingerprint density at radius 1 is 0.941 bits per heavy atom. The molecule has 0 bridgehead atoms. The molecule has 2 heterocycles. The van der Waals surface area contributed by atoms with Crippen molar-refractivity contribution in [1.29, 1.82) is 0 Å². The van der Waals surface area contributed by atoms with Crippen LogP contribution >= 0.6 is 22.9 Å². The Labute approximate surface area is 204 Å². The molecule has 0 aliphatic rings. The number of anilines is 1. The first kappa shape index (κ1) is 21.9. The van der Waals surface area contributed by atoms with Gasteiger partial charge >= 0.3 is 5.97 Å². The quantitative estimate of drug-likeness (QED) is 0.271. The third-order valence-electron chi connectivity index (χ3n) is 5.61. The van der Waals surface area contributed by atoms with Crippen LogP contribution in [0.15, 0.2) is 90.3 Å². The van der Waals surface area contributed by atoms with E-state index in [4.69, 9.17) is 11.6 Å². The van der Waals surface area contributed by atoms with Crippen molar-refractivity contribution in [2.75, 3.05) is 5.32 Å². The van der Waals surface area contributed by atoms with Crippen LogP contribution in [0.3, 0.4) is 0 Å². The highest BCUT2D eigenvalue weighted by molar-refractivity contribution is 7.15. The monoisotopic (exact) mass is 486 g/mol. The molecule has 0 atom stereocenters. The van der Waals surface area contributed by atoms with Crippen LogP contribution in [0.2, 0.25) is 5.02 Å². The lowest BCUT2D eigenvalue weighted by Gasteiger charge is -2.11. The molecule has 7 heteroatoms. The Kier molecular flexibility index (Phi) is 5.92. The van der Waals surface area contributed by atoms with Gasteiger partial charge in [0, 0.05) is 33.4 Å². The summed E-state index contributed by atoms with van der Waals surface area (Å²) in [6.45, 7) is 0.517. The van der Waals surface area contributed by atoms with E-state index in [0.29, 0.717) is 27.8 Å². The fourth-order valence-corrected chi connectivity index (χ4v) is 5.09. The summed E-state index contributed by atoms with van der Waals surface area (Å²) in [5.74, 6) is -1.47. The van der Waals surface area contributed by atoms with Crippen LogP contribution in [0.25, 0.3) is 22.0 Å². The lowest BCUT2D eigenvalue weighted by molar-refractivity contribution is 0.0699. The third-order valence-corrected chi connectivity index (χ3v) is 6.76. The fourth-order valence-electron chi connectivity index (χ4n) is 4.01. The summed E-state index contributed by atoms with van der Waals surface area (Å²) >= 11 is 7.16. The number of carbonyl (C=O) groups is 2. The fraction of sp³-hybridized carbons (Fsp3) is 0.0370. The smallest absolute Gasteiger partial charge is 0.339 e. The predicted octanol–water partition coefficient (Wildman–Crippen LogP) is 7.02. The number of nitrogens with zero attached hydrogens (tertiary/aromatic N) is 1. The number of carboxylic acid groups (broad SMARTS) is 1. The van der Waals surface area contributed by atoms with Gasteiger partial charge in [0.15, 0.2) is 0 Å². The Morgan fingerprint density at radius 3 is 2.38 bits per heavy atom. The van der Waals surface area contributed by atoms with Crippen LogP contribution in [0, 0.1) is 0 Å². The summed E-state index contributed by atoms with van der Waals surface area (Å²) in [7, 11) is 0. The molecule has 0 aliphatic heterocycles. The standard InChI is InChI=1S/C27H19ClN2O3S/c28-20-12-10-18(11-13-20)21-16-34-26(24(21)27(32)33)29-25(31)23-14-19-8-4-5-9-22(19)30(23)15-17-6-2-1-3-7-17/h1-14,16H,15H2,(H,29,31)(H,32,33). The van der Waals surface area contributed by atoms with Gasteiger partial charge in [0.05, 0.1) is 0 Å². The summed E-state index contributed by atoms with van der Waals surface area (Å²) < 4.78 is 1.95. The van der Waals surface area contributed by atoms with Gasteiger partial charge in [-0.2, -0.15) is 0 Å². The largest absolute Gasteiger partial charge is 0.478 e. The van der Waals surface area contributed by atoms with Crippen molar-refractivity contribution in [2.45, 2.75) is 6.54 Å². The van der Waals surface area contributed by atoms with Crippen molar-refractivity contribution in [3.8, 4) is 11.1 Å². The molecule has 0 spiro atoms. The van der Waals surface area contributed by atoms with Gasteiger partial charge in [0.1, 0.15) is 16.3 Å². The second-order valence-corrected chi connectivity index (χ2v) is 9.10. The molecule has 0 unspecified atom stereocenters. The molecule has 0 radical (unpaired) electrons. The number of hydrogen-bond acceptors (Lipinski definition) is 3. The maximum absolute atomic E-state index is 13.4. The number of benzene rings is 3. The summed E-state index contributed by atoms with van der Waals surface area (Å²) in [6, 6.07) is 26.5. The summed E-state index contributed by atoms with van der Waals surface area (Å²) in [5, 5.41) is 16.3. The van der Waals surface area contributed by atoms with Gasteiger partial charge in [-0.05, 0) is 35.4 Å². The average molecular weight is 487 g/mol. The van der Waals surface area contributed by atoms with E-state index >= 15 is 0 Å². The zero-order valence-corrected chi connectivity index (χ0v) is 19.4. The topological polar surface area (TPSA) is 71.3 Å². The molecule has 168 valence electrons. The van der Waals surface area contributed by atoms with E-state index in [9.17, 15) is 14.7 Å². The lowest BCUT2D eigenvalue weighted by Crippen LogP contribution is -2.18. The number of para-hydroxylation sites is 1. The maximum Gasteiger partial charge on any atom is 0.339 e. The first-order chi connectivity index (χ1) is 16.5. The van der Waals surface area contributed by atoms with Gasteiger partial charge in [0.25, 0.3) is 5.91 Å². The summed E-state index contributed by atoms with van der Waals surface area (Å²) in [6.07, 6.45) is 0. The van der Waals surface area contributed by atoms with Crippen LogP contribution in [0.4, 0.5) is 5.00 Å². The van der Waals surface area contributed by atoms with Crippen molar-refractivity contribution >= 4 is 50.7 Å². The number of hydrogen-bond donors (Lipinski definition) is 2. The van der Waals surface area contributed by atoms with Gasteiger partial charge in [-0.3, -0.25) is 4.79 Å². The van der Waals surface area contributed by atoms with Gasteiger partial charge in [-0.15, -0.1) is 11.3 Å².